The molecule has 0 unspecified atom stereocenters. The first-order valence-corrected chi connectivity index (χ1v) is 14.4. The minimum atomic E-state index is -2.81. The molecule has 1 aliphatic heterocycles. The number of alkyl halides is 2. The van der Waals surface area contributed by atoms with Crippen LogP contribution < -0.4 is 15.5 Å². The lowest BCUT2D eigenvalue weighted by Crippen LogP contribution is -2.48. The third kappa shape index (κ3) is 7.06. The minimum absolute atomic E-state index is 0.0568. The highest BCUT2D eigenvalue weighted by molar-refractivity contribution is 5.78. The Balaban J connectivity index is 1.36. The number of para-hydroxylation sites is 2. The highest BCUT2D eigenvalue weighted by Crippen LogP contribution is 2.30. The van der Waals surface area contributed by atoms with E-state index in [-0.39, 0.29) is 24.5 Å². The number of aromatic nitrogens is 4. The van der Waals surface area contributed by atoms with Crippen LogP contribution in [-0.2, 0) is 9.47 Å². The van der Waals surface area contributed by atoms with E-state index in [4.69, 9.17) is 14.5 Å². The molecule has 1 amide bonds. The normalized spacial score (nSPS) is 21.5. The number of anilines is 2. The van der Waals surface area contributed by atoms with E-state index in [2.05, 4.69) is 20.6 Å². The van der Waals surface area contributed by atoms with Crippen LogP contribution in [0, 0.1) is 5.92 Å². The maximum absolute atomic E-state index is 14.2. The Labute approximate surface area is 243 Å². The first-order chi connectivity index (χ1) is 20.1. The number of carbonyl (C=O) groups excluding carboxylic acids is 1. The van der Waals surface area contributed by atoms with Crippen molar-refractivity contribution in [3.63, 3.8) is 0 Å². The van der Waals surface area contributed by atoms with Crippen molar-refractivity contribution in [2.75, 3.05) is 43.1 Å². The lowest BCUT2D eigenvalue weighted by Gasteiger charge is -2.35. The van der Waals surface area contributed by atoms with Gasteiger partial charge in [0, 0.05) is 25.2 Å². The number of ether oxygens (including phenoxy) is 2. The Morgan fingerprint density at radius 1 is 1.14 bits per heavy atom. The van der Waals surface area contributed by atoms with Gasteiger partial charge in [-0.2, -0.15) is 9.97 Å². The van der Waals surface area contributed by atoms with Crippen LogP contribution in [-0.4, -0.2) is 81.3 Å². The van der Waals surface area contributed by atoms with E-state index in [1.807, 2.05) is 25.7 Å². The van der Waals surface area contributed by atoms with Crippen molar-refractivity contribution in [1.29, 1.82) is 0 Å². The monoisotopic (exact) mass is 587 g/mol. The van der Waals surface area contributed by atoms with Crippen LogP contribution in [0.3, 0.4) is 0 Å². The summed E-state index contributed by atoms with van der Waals surface area (Å²) in [4.78, 5) is 27.7. The molecule has 1 aromatic carbocycles. The molecule has 11 nitrogen and oxygen atoms in total. The Morgan fingerprint density at radius 2 is 1.88 bits per heavy atom. The van der Waals surface area contributed by atoms with Gasteiger partial charge in [0.1, 0.15) is 17.2 Å². The number of benzene rings is 1. The van der Waals surface area contributed by atoms with E-state index in [0.29, 0.717) is 55.0 Å². The van der Waals surface area contributed by atoms with E-state index >= 15 is 0 Å². The number of fused-ring (bicyclic) bond motifs is 1. The van der Waals surface area contributed by atoms with Crippen molar-refractivity contribution in [1.82, 2.24) is 24.8 Å². The van der Waals surface area contributed by atoms with Crippen molar-refractivity contribution in [2.45, 2.75) is 70.6 Å². The SMILES string of the molecule is CC(C)(C)OC(=O)NC1CCC(CNc2nc(N3CCOC[C@@H]3CO)cc(-n3c(C(F)F)nc4ccccc43)n2)CC1. The summed E-state index contributed by atoms with van der Waals surface area (Å²) in [6, 6.07) is 8.35. The summed E-state index contributed by atoms with van der Waals surface area (Å²) in [6.45, 7) is 7.23. The number of imidazole rings is 1. The van der Waals surface area contributed by atoms with Gasteiger partial charge in [-0.05, 0) is 64.5 Å². The number of halogens is 2. The number of carbonyl (C=O) groups is 1. The molecule has 13 heteroatoms. The largest absolute Gasteiger partial charge is 0.444 e. The number of aliphatic hydroxyl groups excluding tert-OH is 1. The van der Waals surface area contributed by atoms with Gasteiger partial charge in [0.05, 0.1) is 36.9 Å². The van der Waals surface area contributed by atoms with E-state index in [9.17, 15) is 18.7 Å². The molecule has 42 heavy (non-hydrogen) atoms. The second-order valence-electron chi connectivity index (χ2n) is 11.9. The average Bonchev–Trinajstić information content (AvgIpc) is 3.36. The molecular weight excluding hydrogens is 548 g/mol. The molecule has 3 heterocycles. The first-order valence-electron chi connectivity index (χ1n) is 14.4. The van der Waals surface area contributed by atoms with Crippen molar-refractivity contribution in [3.05, 3.63) is 36.2 Å². The fourth-order valence-corrected chi connectivity index (χ4v) is 5.52. The van der Waals surface area contributed by atoms with Gasteiger partial charge >= 0.3 is 6.09 Å². The van der Waals surface area contributed by atoms with Gasteiger partial charge in [-0.1, -0.05) is 12.1 Å². The van der Waals surface area contributed by atoms with E-state index in [1.54, 1.807) is 30.3 Å². The molecule has 1 aliphatic carbocycles. The molecule has 3 aromatic rings. The third-order valence-electron chi connectivity index (χ3n) is 7.56. The van der Waals surface area contributed by atoms with Crippen molar-refractivity contribution >= 4 is 28.9 Å². The Morgan fingerprint density at radius 3 is 2.60 bits per heavy atom. The second-order valence-corrected chi connectivity index (χ2v) is 11.9. The highest BCUT2D eigenvalue weighted by atomic mass is 19.3. The molecule has 1 atom stereocenters. The summed E-state index contributed by atoms with van der Waals surface area (Å²) in [5.41, 5.74) is 0.412. The molecule has 0 radical (unpaired) electrons. The van der Waals surface area contributed by atoms with Crippen molar-refractivity contribution in [2.24, 2.45) is 5.92 Å². The van der Waals surface area contributed by atoms with Crippen molar-refractivity contribution < 1.29 is 28.2 Å². The highest BCUT2D eigenvalue weighted by Gasteiger charge is 2.28. The number of alkyl carbamates (subject to hydrolysis) is 1. The smallest absolute Gasteiger partial charge is 0.407 e. The van der Waals surface area contributed by atoms with E-state index in [1.165, 1.54) is 4.57 Å². The number of rotatable bonds is 8. The topological polar surface area (TPSA) is 127 Å². The lowest BCUT2D eigenvalue weighted by molar-refractivity contribution is 0.0488. The fraction of sp³-hybridized carbons (Fsp3) is 0.586. The Bertz CT molecular complexity index is 1370. The minimum Gasteiger partial charge on any atom is -0.444 e. The van der Waals surface area contributed by atoms with Gasteiger partial charge in [-0.3, -0.25) is 4.57 Å². The zero-order valence-electron chi connectivity index (χ0n) is 24.2. The summed E-state index contributed by atoms with van der Waals surface area (Å²) >= 11 is 0. The summed E-state index contributed by atoms with van der Waals surface area (Å²) in [5.74, 6) is 0.991. The summed E-state index contributed by atoms with van der Waals surface area (Å²) in [6.07, 6.45) is 0.201. The number of hydrogen-bond donors (Lipinski definition) is 3. The standard InChI is InChI=1S/C29H39F2N7O4/c1-29(2,3)42-28(40)33-19-10-8-18(9-11-19)15-32-27-35-23(37-12-13-41-17-20(37)16-39)14-24(36-27)38-22-7-5-4-6-21(22)34-26(38)25(30)31/h4-7,14,18-20,25,39H,8-13,15-17H2,1-3H3,(H,33,40)(H,32,35,36)/t18?,19?,20-/m0/s1. The molecule has 1 saturated carbocycles. The van der Waals surface area contributed by atoms with Crippen LogP contribution in [0.2, 0.25) is 0 Å². The predicted molar refractivity (Wildman–Crippen MR) is 154 cm³/mol. The number of amides is 1. The molecule has 2 aromatic heterocycles. The number of nitrogens with one attached hydrogen (secondary N) is 2. The zero-order chi connectivity index (χ0) is 29.9. The lowest BCUT2D eigenvalue weighted by atomic mass is 9.86. The first kappa shape index (κ1) is 29.9. The van der Waals surface area contributed by atoms with Gasteiger partial charge in [0.2, 0.25) is 5.95 Å². The molecule has 0 bridgehead atoms. The maximum Gasteiger partial charge on any atom is 0.407 e. The number of aliphatic hydroxyl groups is 1. The van der Waals surface area contributed by atoms with Crippen LogP contribution in [0.5, 0.6) is 0 Å². The van der Waals surface area contributed by atoms with Crippen LogP contribution in [0.1, 0.15) is 58.7 Å². The Hall–Kier alpha value is -3.58. The molecule has 228 valence electrons. The van der Waals surface area contributed by atoms with Gasteiger partial charge in [-0.15, -0.1) is 0 Å². The van der Waals surface area contributed by atoms with Gasteiger partial charge in [0.15, 0.2) is 5.82 Å². The van der Waals surface area contributed by atoms with E-state index in [0.717, 1.165) is 25.7 Å². The van der Waals surface area contributed by atoms with Crippen LogP contribution in [0.4, 0.5) is 25.3 Å². The van der Waals surface area contributed by atoms with Crippen molar-refractivity contribution in [3.8, 4) is 5.82 Å². The predicted octanol–water partition coefficient (Wildman–Crippen LogP) is 4.45. The Kier molecular flexibility index (Phi) is 9.07. The maximum atomic E-state index is 14.2. The van der Waals surface area contributed by atoms with Gasteiger partial charge in [-0.25, -0.2) is 18.6 Å². The number of morpholine rings is 1. The molecule has 5 rings (SSSR count). The van der Waals surface area contributed by atoms with Gasteiger partial charge in [0.25, 0.3) is 6.43 Å². The summed E-state index contributed by atoms with van der Waals surface area (Å²) < 4.78 is 40.6. The summed E-state index contributed by atoms with van der Waals surface area (Å²) in [7, 11) is 0. The van der Waals surface area contributed by atoms with Crippen LogP contribution >= 0.6 is 0 Å². The number of hydrogen-bond acceptors (Lipinski definition) is 9. The molecular formula is C29H39F2N7O4. The quantitative estimate of drug-likeness (QED) is 0.350. The molecule has 0 spiro atoms. The van der Waals surface area contributed by atoms with E-state index < -0.39 is 23.9 Å². The van der Waals surface area contributed by atoms with Gasteiger partial charge < -0.3 is 30.1 Å². The van der Waals surface area contributed by atoms with Crippen LogP contribution in [0.25, 0.3) is 16.9 Å². The molecule has 3 N–H and O–H groups in total. The third-order valence-corrected chi connectivity index (χ3v) is 7.56. The number of nitrogens with zero attached hydrogens (tertiary/aromatic N) is 5. The molecule has 2 fully saturated rings. The molecule has 2 aliphatic rings. The second kappa shape index (κ2) is 12.7. The zero-order valence-corrected chi connectivity index (χ0v) is 24.2. The molecule has 1 saturated heterocycles. The average molecular weight is 588 g/mol. The van der Waals surface area contributed by atoms with Crippen LogP contribution in [0.15, 0.2) is 30.3 Å². The fourth-order valence-electron chi connectivity index (χ4n) is 5.52. The summed E-state index contributed by atoms with van der Waals surface area (Å²) in [5, 5.41) is 16.3.